The van der Waals surface area contributed by atoms with E-state index in [1.807, 2.05) is 13.8 Å². The van der Waals surface area contributed by atoms with Gasteiger partial charge < -0.3 is 0 Å². The van der Waals surface area contributed by atoms with E-state index in [1.165, 1.54) is 19.9 Å². The van der Waals surface area contributed by atoms with Gasteiger partial charge in [-0.05, 0) is 61.1 Å². The van der Waals surface area contributed by atoms with Crippen LogP contribution in [0.1, 0.15) is 41.7 Å². The molecule has 26 heavy (non-hydrogen) atoms. The summed E-state index contributed by atoms with van der Waals surface area (Å²) in [5, 5.41) is 0. The van der Waals surface area contributed by atoms with Crippen LogP contribution in [0.5, 0.6) is 0 Å². The van der Waals surface area contributed by atoms with E-state index in [0.29, 0.717) is 29.5 Å². The Hall–Kier alpha value is -2.02. The van der Waals surface area contributed by atoms with Crippen molar-refractivity contribution in [3.8, 4) is 0 Å². The summed E-state index contributed by atoms with van der Waals surface area (Å²) in [6, 6.07) is 7.67. The van der Waals surface area contributed by atoms with Crippen LogP contribution in [0.25, 0.3) is 0 Å². The first kappa shape index (κ1) is 20.3. The van der Waals surface area contributed by atoms with Crippen LogP contribution in [0.3, 0.4) is 0 Å². The smallest absolute Gasteiger partial charge is 0.279 e. The summed E-state index contributed by atoms with van der Waals surface area (Å²) >= 11 is 0. The number of nitrogens with one attached hydrogen (secondary N) is 1. The van der Waals surface area contributed by atoms with E-state index in [1.54, 1.807) is 18.2 Å². The van der Waals surface area contributed by atoms with E-state index in [9.17, 15) is 21.6 Å². The topological polar surface area (TPSA) is 46.2 Å². The molecule has 0 spiro atoms. The molecule has 1 N–H and O–H groups in total. The molecular weight excluding hydrogens is 363 g/mol. The van der Waals surface area contributed by atoms with Crippen molar-refractivity contribution in [1.29, 1.82) is 0 Å². The van der Waals surface area contributed by atoms with Gasteiger partial charge in [0.05, 0.1) is 16.1 Å². The minimum Gasteiger partial charge on any atom is -0.279 e. The van der Waals surface area contributed by atoms with Crippen molar-refractivity contribution < 1.29 is 21.6 Å². The van der Waals surface area contributed by atoms with E-state index >= 15 is 0 Å². The molecule has 0 aliphatic rings. The molecule has 0 saturated carbocycles. The lowest BCUT2D eigenvalue weighted by molar-refractivity contribution is -0.138. The number of rotatable bonds is 5. The van der Waals surface area contributed by atoms with E-state index < -0.39 is 21.8 Å². The summed E-state index contributed by atoms with van der Waals surface area (Å²) in [6.07, 6.45) is -3.54. The molecule has 0 aliphatic heterocycles. The van der Waals surface area contributed by atoms with E-state index in [-0.39, 0.29) is 16.1 Å². The molecule has 2 aromatic rings. The van der Waals surface area contributed by atoms with Crippen molar-refractivity contribution in [2.45, 2.75) is 51.6 Å². The second-order valence-corrected chi connectivity index (χ2v) is 7.82. The van der Waals surface area contributed by atoms with Gasteiger partial charge in [0.25, 0.3) is 10.0 Å². The highest BCUT2D eigenvalue weighted by atomic mass is 32.2. The first-order chi connectivity index (χ1) is 12.0. The van der Waals surface area contributed by atoms with Gasteiger partial charge in [-0.2, -0.15) is 13.2 Å². The lowest BCUT2D eigenvalue weighted by atomic mass is 10.0. The van der Waals surface area contributed by atoms with E-state index in [2.05, 4.69) is 4.72 Å². The van der Waals surface area contributed by atoms with Gasteiger partial charge in [0.1, 0.15) is 0 Å². The maximum Gasteiger partial charge on any atom is 0.416 e. The Labute approximate surface area is 152 Å². The maximum absolute atomic E-state index is 13.2. The molecule has 142 valence electrons. The van der Waals surface area contributed by atoms with Gasteiger partial charge in [0.2, 0.25) is 0 Å². The summed E-state index contributed by atoms with van der Waals surface area (Å²) in [5.41, 5.74) is 0.579. The molecule has 0 bridgehead atoms. The first-order valence-corrected chi connectivity index (χ1v) is 9.81. The predicted octanol–water partition coefficient (Wildman–Crippen LogP) is 5.25. The largest absolute Gasteiger partial charge is 0.416 e. The van der Waals surface area contributed by atoms with E-state index in [4.69, 9.17) is 0 Å². The molecule has 0 aliphatic carbocycles. The number of alkyl halides is 3. The van der Waals surface area contributed by atoms with Gasteiger partial charge in [-0.15, -0.1) is 0 Å². The molecule has 0 heterocycles. The summed E-state index contributed by atoms with van der Waals surface area (Å²) in [6.45, 7) is 6.46. The van der Waals surface area contributed by atoms with Crippen LogP contribution in [-0.2, 0) is 29.0 Å². The standard InChI is InChI=1S/C19H22F3NO2S/c1-5-14-8-7-9-15(6-2)18(14)26(24,25)23-17-11-12(3)10-16(13(17)4)19(20,21)22/h7-11,23H,5-6H2,1-4H3. The first-order valence-electron chi connectivity index (χ1n) is 8.33. The third kappa shape index (κ3) is 4.03. The molecule has 7 heteroatoms. The SMILES string of the molecule is CCc1cccc(CC)c1S(=O)(=O)Nc1cc(C)cc(C(F)(F)F)c1C. The zero-order valence-corrected chi connectivity index (χ0v) is 16.0. The fourth-order valence-corrected chi connectivity index (χ4v) is 4.71. The Morgan fingerprint density at radius 3 is 2.00 bits per heavy atom. The Bertz CT molecular complexity index is 897. The Kier molecular flexibility index (Phi) is 5.70. The Morgan fingerprint density at radius 1 is 1.00 bits per heavy atom. The van der Waals surface area contributed by atoms with Crippen molar-refractivity contribution in [2.24, 2.45) is 0 Å². The van der Waals surface area contributed by atoms with Crippen LogP contribution < -0.4 is 4.72 Å². The third-order valence-electron chi connectivity index (χ3n) is 4.31. The molecule has 0 radical (unpaired) electrons. The Morgan fingerprint density at radius 2 is 1.54 bits per heavy atom. The second kappa shape index (κ2) is 7.31. The maximum atomic E-state index is 13.2. The molecule has 3 nitrogen and oxygen atoms in total. The van der Waals surface area contributed by atoms with Crippen molar-refractivity contribution in [1.82, 2.24) is 0 Å². The average Bonchev–Trinajstić information content (AvgIpc) is 2.55. The van der Waals surface area contributed by atoms with Crippen molar-refractivity contribution in [2.75, 3.05) is 4.72 Å². The van der Waals surface area contributed by atoms with Crippen molar-refractivity contribution in [3.63, 3.8) is 0 Å². The molecule has 2 aromatic carbocycles. The normalized spacial score (nSPS) is 12.3. The number of hydrogen-bond donors (Lipinski definition) is 1. The minimum absolute atomic E-state index is 0.0507. The zero-order chi connectivity index (χ0) is 19.7. The number of hydrogen-bond acceptors (Lipinski definition) is 2. The van der Waals surface area contributed by atoms with Gasteiger partial charge in [-0.1, -0.05) is 32.0 Å². The molecule has 0 aromatic heterocycles. The van der Waals surface area contributed by atoms with Gasteiger partial charge in [0.15, 0.2) is 0 Å². The number of halogens is 3. The highest BCUT2D eigenvalue weighted by Crippen LogP contribution is 2.36. The lowest BCUT2D eigenvalue weighted by Crippen LogP contribution is -2.19. The minimum atomic E-state index is -4.55. The van der Waals surface area contributed by atoms with Crippen LogP contribution in [0.15, 0.2) is 35.2 Å². The summed E-state index contributed by atoms with van der Waals surface area (Å²) < 4.78 is 68.0. The predicted molar refractivity (Wildman–Crippen MR) is 96.9 cm³/mol. The van der Waals surface area contributed by atoms with Gasteiger partial charge in [0, 0.05) is 0 Å². The van der Waals surface area contributed by atoms with Gasteiger partial charge in [-0.25, -0.2) is 8.42 Å². The molecule has 0 unspecified atom stereocenters. The fraction of sp³-hybridized carbons (Fsp3) is 0.368. The molecule has 2 rings (SSSR count). The molecule has 0 saturated heterocycles. The summed E-state index contributed by atoms with van der Waals surface area (Å²) in [5.74, 6) is 0. The van der Waals surface area contributed by atoms with Crippen LogP contribution in [0.2, 0.25) is 0 Å². The summed E-state index contributed by atoms with van der Waals surface area (Å²) in [4.78, 5) is 0.152. The second-order valence-electron chi connectivity index (χ2n) is 6.20. The molecule has 0 atom stereocenters. The van der Waals surface area contributed by atoms with Crippen LogP contribution >= 0.6 is 0 Å². The monoisotopic (exact) mass is 385 g/mol. The van der Waals surface area contributed by atoms with Crippen molar-refractivity contribution in [3.05, 3.63) is 58.1 Å². The van der Waals surface area contributed by atoms with Crippen LogP contribution in [0, 0.1) is 13.8 Å². The number of benzene rings is 2. The zero-order valence-electron chi connectivity index (χ0n) is 15.2. The number of aryl methyl sites for hydroxylation is 3. The third-order valence-corrected chi connectivity index (χ3v) is 5.86. The fourth-order valence-electron chi connectivity index (χ4n) is 2.99. The molecule has 0 amide bonds. The van der Waals surface area contributed by atoms with Crippen LogP contribution in [0.4, 0.5) is 18.9 Å². The van der Waals surface area contributed by atoms with Gasteiger partial charge >= 0.3 is 6.18 Å². The highest BCUT2D eigenvalue weighted by Gasteiger charge is 2.34. The Balaban J connectivity index is 2.61. The van der Waals surface area contributed by atoms with Crippen LogP contribution in [-0.4, -0.2) is 8.42 Å². The van der Waals surface area contributed by atoms with Gasteiger partial charge in [-0.3, -0.25) is 4.72 Å². The van der Waals surface area contributed by atoms with Crippen molar-refractivity contribution >= 4 is 15.7 Å². The number of sulfonamides is 1. The number of anilines is 1. The molecule has 0 fully saturated rings. The highest BCUT2D eigenvalue weighted by molar-refractivity contribution is 7.92. The average molecular weight is 385 g/mol. The molecular formula is C19H22F3NO2S. The lowest BCUT2D eigenvalue weighted by Gasteiger charge is -2.19. The van der Waals surface area contributed by atoms with E-state index in [0.717, 1.165) is 6.07 Å². The summed E-state index contributed by atoms with van der Waals surface area (Å²) in [7, 11) is -4.02. The quantitative estimate of drug-likeness (QED) is 0.764.